The van der Waals surface area contributed by atoms with E-state index in [0.29, 0.717) is 13.0 Å². The second-order valence-corrected chi connectivity index (χ2v) is 4.19. The van der Waals surface area contributed by atoms with Gasteiger partial charge in [0.2, 0.25) is 0 Å². The quantitative estimate of drug-likeness (QED) is 0.681. The van der Waals surface area contributed by atoms with Crippen LogP contribution < -0.4 is 4.74 Å². The van der Waals surface area contributed by atoms with Gasteiger partial charge in [-0.05, 0) is 37.5 Å². The summed E-state index contributed by atoms with van der Waals surface area (Å²) in [5, 5.41) is 0. The smallest absolute Gasteiger partial charge is 0.313 e. The predicted molar refractivity (Wildman–Crippen MR) is 60.8 cm³/mol. The molecule has 0 bridgehead atoms. The van der Waals surface area contributed by atoms with E-state index in [0.717, 1.165) is 11.3 Å². The highest BCUT2D eigenvalue weighted by atomic mass is 16.5. The molecule has 1 heterocycles. The average molecular weight is 220 g/mol. The minimum absolute atomic E-state index is 0.173. The zero-order valence-electron chi connectivity index (χ0n) is 9.87. The third kappa shape index (κ3) is 1.77. The molecule has 0 N–H and O–H groups in total. The monoisotopic (exact) mass is 220 g/mol. The number of benzene rings is 1. The maximum Gasteiger partial charge on any atom is 0.313 e. The molecule has 1 unspecified atom stereocenters. The van der Waals surface area contributed by atoms with Crippen LogP contribution in [0.25, 0.3) is 0 Å². The number of aryl methyl sites for hydroxylation is 2. The van der Waals surface area contributed by atoms with Crippen molar-refractivity contribution in [1.29, 1.82) is 0 Å². The minimum atomic E-state index is -0.173. The fourth-order valence-corrected chi connectivity index (χ4v) is 2.04. The third-order valence-electron chi connectivity index (χ3n) is 3.15. The van der Waals surface area contributed by atoms with Gasteiger partial charge in [0.15, 0.2) is 0 Å². The molecular formula is C13H16O3. The lowest BCUT2D eigenvalue weighted by Gasteiger charge is -2.25. The van der Waals surface area contributed by atoms with Crippen LogP contribution in [0.3, 0.4) is 0 Å². The standard InChI is InChI=1S/C13H16O3/c1-8-6-11-10(13(14)15-3)4-5-16-12(11)7-9(8)2/h6-7,10H,4-5H2,1-3H3. The summed E-state index contributed by atoms with van der Waals surface area (Å²) in [6, 6.07) is 4.03. The number of rotatable bonds is 1. The van der Waals surface area contributed by atoms with Crippen molar-refractivity contribution < 1.29 is 14.3 Å². The van der Waals surface area contributed by atoms with Crippen molar-refractivity contribution in [2.45, 2.75) is 26.2 Å². The van der Waals surface area contributed by atoms with Gasteiger partial charge in [0.1, 0.15) is 5.75 Å². The first-order chi connectivity index (χ1) is 7.63. The first-order valence-corrected chi connectivity index (χ1v) is 5.45. The van der Waals surface area contributed by atoms with Crippen molar-refractivity contribution in [2.75, 3.05) is 13.7 Å². The Morgan fingerprint density at radius 1 is 1.38 bits per heavy atom. The van der Waals surface area contributed by atoms with Crippen LogP contribution >= 0.6 is 0 Å². The van der Waals surface area contributed by atoms with E-state index < -0.39 is 0 Å². The summed E-state index contributed by atoms with van der Waals surface area (Å²) in [4.78, 5) is 11.6. The fourth-order valence-electron chi connectivity index (χ4n) is 2.04. The van der Waals surface area contributed by atoms with Crippen LogP contribution in [0.1, 0.15) is 29.0 Å². The van der Waals surface area contributed by atoms with Gasteiger partial charge in [0.05, 0.1) is 19.6 Å². The summed E-state index contributed by atoms with van der Waals surface area (Å²) in [6.07, 6.45) is 0.697. The first-order valence-electron chi connectivity index (χ1n) is 5.45. The summed E-state index contributed by atoms with van der Waals surface area (Å²) >= 11 is 0. The van der Waals surface area contributed by atoms with Gasteiger partial charge in [-0.25, -0.2) is 0 Å². The van der Waals surface area contributed by atoms with E-state index in [9.17, 15) is 4.79 Å². The highest BCUT2D eigenvalue weighted by Gasteiger charge is 2.28. The van der Waals surface area contributed by atoms with Crippen LogP contribution in [0.4, 0.5) is 0 Å². The second kappa shape index (κ2) is 4.16. The highest BCUT2D eigenvalue weighted by molar-refractivity contribution is 5.79. The van der Waals surface area contributed by atoms with Crippen molar-refractivity contribution in [3.63, 3.8) is 0 Å². The summed E-state index contributed by atoms with van der Waals surface area (Å²) in [5.74, 6) is 0.477. The largest absolute Gasteiger partial charge is 0.493 e. The van der Waals surface area contributed by atoms with E-state index in [1.807, 2.05) is 26.0 Å². The molecule has 1 aromatic rings. The number of carbonyl (C=O) groups excluding carboxylic acids is 1. The molecule has 86 valence electrons. The molecule has 0 saturated heterocycles. The normalized spacial score (nSPS) is 18.6. The van der Waals surface area contributed by atoms with Crippen LogP contribution in [0, 0.1) is 13.8 Å². The number of carbonyl (C=O) groups is 1. The zero-order valence-corrected chi connectivity index (χ0v) is 9.87. The molecule has 0 saturated carbocycles. The van der Waals surface area contributed by atoms with Crippen molar-refractivity contribution in [3.05, 3.63) is 28.8 Å². The zero-order chi connectivity index (χ0) is 11.7. The lowest BCUT2D eigenvalue weighted by molar-refractivity contribution is -0.143. The predicted octanol–water partition coefficient (Wildman–Crippen LogP) is 2.34. The molecule has 2 rings (SSSR count). The van der Waals surface area contributed by atoms with Crippen LogP contribution in [0.5, 0.6) is 5.75 Å². The number of ether oxygens (including phenoxy) is 2. The highest BCUT2D eigenvalue weighted by Crippen LogP contribution is 2.36. The van der Waals surface area contributed by atoms with Crippen LogP contribution in [-0.4, -0.2) is 19.7 Å². The van der Waals surface area contributed by atoms with Gasteiger partial charge >= 0.3 is 5.97 Å². The molecule has 1 aliphatic rings. The van der Waals surface area contributed by atoms with Crippen LogP contribution in [-0.2, 0) is 9.53 Å². The lowest BCUT2D eigenvalue weighted by atomic mass is 9.90. The van der Waals surface area contributed by atoms with E-state index in [2.05, 4.69) is 0 Å². The Bertz CT molecular complexity index is 423. The summed E-state index contributed by atoms with van der Waals surface area (Å²) in [7, 11) is 1.43. The van der Waals surface area contributed by atoms with Gasteiger partial charge in [-0.1, -0.05) is 6.07 Å². The average Bonchev–Trinajstić information content (AvgIpc) is 2.29. The maximum atomic E-state index is 11.6. The Balaban J connectivity index is 2.45. The van der Waals surface area contributed by atoms with E-state index in [1.54, 1.807) is 0 Å². The minimum Gasteiger partial charge on any atom is -0.493 e. The molecule has 0 aliphatic carbocycles. The Hall–Kier alpha value is -1.51. The SMILES string of the molecule is COC(=O)C1CCOc2cc(C)c(C)cc21. The van der Waals surface area contributed by atoms with Gasteiger partial charge in [0, 0.05) is 5.56 Å². The Morgan fingerprint density at radius 2 is 2.06 bits per heavy atom. The van der Waals surface area contributed by atoms with Crippen LogP contribution in [0.15, 0.2) is 12.1 Å². The van der Waals surface area contributed by atoms with Crippen LogP contribution in [0.2, 0.25) is 0 Å². The van der Waals surface area contributed by atoms with Crippen molar-refractivity contribution in [1.82, 2.24) is 0 Å². The third-order valence-corrected chi connectivity index (χ3v) is 3.15. The topological polar surface area (TPSA) is 35.5 Å². The number of esters is 1. The summed E-state index contributed by atoms with van der Waals surface area (Å²) in [5.41, 5.74) is 3.32. The molecular weight excluding hydrogens is 204 g/mol. The van der Waals surface area contributed by atoms with Crippen molar-refractivity contribution in [3.8, 4) is 5.75 Å². The summed E-state index contributed by atoms with van der Waals surface area (Å²) < 4.78 is 10.4. The van der Waals surface area contributed by atoms with Crippen molar-refractivity contribution >= 4 is 5.97 Å². The van der Waals surface area contributed by atoms with E-state index in [4.69, 9.17) is 9.47 Å². The molecule has 0 spiro atoms. The molecule has 1 aromatic carbocycles. The number of hydrogen-bond acceptors (Lipinski definition) is 3. The first kappa shape index (κ1) is 11.0. The Labute approximate surface area is 95.4 Å². The molecule has 0 radical (unpaired) electrons. The van der Waals surface area contributed by atoms with E-state index in [1.165, 1.54) is 18.2 Å². The molecule has 1 aliphatic heterocycles. The molecule has 1 atom stereocenters. The van der Waals surface area contributed by atoms with E-state index in [-0.39, 0.29) is 11.9 Å². The van der Waals surface area contributed by atoms with Gasteiger partial charge in [-0.15, -0.1) is 0 Å². The second-order valence-electron chi connectivity index (χ2n) is 4.19. The number of hydrogen-bond donors (Lipinski definition) is 0. The fraction of sp³-hybridized carbons (Fsp3) is 0.462. The number of methoxy groups -OCH3 is 1. The molecule has 3 heteroatoms. The molecule has 0 fully saturated rings. The van der Waals surface area contributed by atoms with E-state index >= 15 is 0 Å². The maximum absolute atomic E-state index is 11.6. The Kier molecular flexibility index (Phi) is 2.86. The van der Waals surface area contributed by atoms with Crippen molar-refractivity contribution in [2.24, 2.45) is 0 Å². The molecule has 16 heavy (non-hydrogen) atoms. The van der Waals surface area contributed by atoms with Gasteiger partial charge in [0.25, 0.3) is 0 Å². The molecule has 3 nitrogen and oxygen atoms in total. The molecule has 0 amide bonds. The molecule has 0 aromatic heterocycles. The number of fused-ring (bicyclic) bond motifs is 1. The summed E-state index contributed by atoms with van der Waals surface area (Å²) in [6.45, 7) is 4.66. The van der Waals surface area contributed by atoms with Gasteiger partial charge in [-0.3, -0.25) is 4.79 Å². The Morgan fingerprint density at radius 3 is 2.75 bits per heavy atom. The van der Waals surface area contributed by atoms with Gasteiger partial charge in [-0.2, -0.15) is 0 Å². The van der Waals surface area contributed by atoms with Gasteiger partial charge < -0.3 is 9.47 Å². The lowest BCUT2D eigenvalue weighted by Crippen LogP contribution is -2.22.